The van der Waals surface area contributed by atoms with Gasteiger partial charge in [-0.2, -0.15) is 11.8 Å². The van der Waals surface area contributed by atoms with Crippen molar-refractivity contribution in [2.24, 2.45) is 0 Å². The van der Waals surface area contributed by atoms with Gasteiger partial charge in [0.05, 0.1) is 6.54 Å². The second kappa shape index (κ2) is 7.21. The highest BCUT2D eigenvalue weighted by Crippen LogP contribution is 2.35. The lowest BCUT2D eigenvalue weighted by Gasteiger charge is -2.22. The summed E-state index contributed by atoms with van der Waals surface area (Å²) in [5.41, 5.74) is 0.704. The Hall–Kier alpha value is -1.76. The van der Waals surface area contributed by atoms with E-state index in [1.54, 1.807) is 22.7 Å². The van der Waals surface area contributed by atoms with Crippen LogP contribution < -0.4 is 0 Å². The molecule has 7 heteroatoms. The van der Waals surface area contributed by atoms with Gasteiger partial charge in [0.25, 0.3) is 0 Å². The lowest BCUT2D eigenvalue weighted by atomic mass is 10.1. The summed E-state index contributed by atoms with van der Waals surface area (Å²) in [4.78, 5) is 27.0. The number of rotatable bonds is 3. The van der Waals surface area contributed by atoms with Crippen molar-refractivity contribution in [2.45, 2.75) is 11.7 Å². The summed E-state index contributed by atoms with van der Waals surface area (Å²) < 4.78 is 18.8. The Balaban J connectivity index is 1.59. The Bertz CT molecular complexity index is 598. The maximum atomic E-state index is 13.9. The molecule has 2 saturated heterocycles. The van der Waals surface area contributed by atoms with E-state index in [4.69, 9.17) is 4.74 Å². The molecule has 2 fully saturated rings. The zero-order chi connectivity index (χ0) is 16.2. The average molecular weight is 338 g/mol. The number of carbonyl (C=O) groups is 2. The molecule has 23 heavy (non-hydrogen) atoms. The lowest BCUT2D eigenvalue weighted by Crippen LogP contribution is -2.41. The molecule has 2 aliphatic rings. The Labute approximate surface area is 138 Å². The highest BCUT2D eigenvalue weighted by Gasteiger charge is 2.28. The molecule has 0 saturated carbocycles. The molecule has 2 heterocycles. The third-order valence-corrected chi connectivity index (χ3v) is 5.43. The fourth-order valence-corrected chi connectivity index (χ4v) is 4.09. The molecule has 1 aromatic rings. The predicted octanol–water partition coefficient (Wildman–Crippen LogP) is 2.28. The molecule has 0 aromatic heterocycles. The zero-order valence-corrected chi connectivity index (χ0v) is 13.6. The topological polar surface area (TPSA) is 49.9 Å². The van der Waals surface area contributed by atoms with E-state index in [9.17, 15) is 14.0 Å². The van der Waals surface area contributed by atoms with Crippen LogP contribution >= 0.6 is 11.8 Å². The zero-order valence-electron chi connectivity index (χ0n) is 12.7. The first kappa shape index (κ1) is 16.1. The molecule has 2 aliphatic heterocycles. The molecule has 0 bridgehead atoms. The van der Waals surface area contributed by atoms with Gasteiger partial charge < -0.3 is 9.64 Å². The lowest BCUT2D eigenvalue weighted by molar-refractivity contribution is -0.131. The van der Waals surface area contributed by atoms with Crippen LogP contribution in [0.2, 0.25) is 0 Å². The molecular weight excluding hydrogens is 319 g/mol. The van der Waals surface area contributed by atoms with E-state index in [0.717, 1.165) is 5.75 Å². The molecule has 2 amide bonds. The molecule has 0 radical (unpaired) electrons. The quantitative estimate of drug-likeness (QED) is 0.848. The number of carbonyl (C=O) groups excluding carboxylic acids is 2. The molecule has 0 N–H and O–H groups in total. The van der Waals surface area contributed by atoms with Gasteiger partial charge in [0, 0.05) is 29.7 Å². The largest absolute Gasteiger partial charge is 0.448 e. The molecule has 0 unspecified atom stereocenters. The van der Waals surface area contributed by atoms with Gasteiger partial charge in [0.15, 0.2) is 0 Å². The van der Waals surface area contributed by atoms with Gasteiger partial charge in [-0.05, 0) is 12.5 Å². The third-order valence-electron chi connectivity index (χ3n) is 4.12. The summed E-state index contributed by atoms with van der Waals surface area (Å²) in [7, 11) is 0. The maximum absolute atomic E-state index is 13.9. The first-order chi connectivity index (χ1) is 11.1. The molecule has 124 valence electrons. The highest BCUT2D eigenvalue weighted by molar-refractivity contribution is 7.99. The molecular formula is C16H19FN2O3S. The van der Waals surface area contributed by atoms with Crippen molar-refractivity contribution in [1.82, 2.24) is 9.80 Å². The standard InChI is InChI=1S/C16H19FN2O3S/c17-13-4-2-1-3-12(13)14-5-6-18(8-10-23-14)15(20)11-19-7-9-22-16(19)21/h1-4,14H,5-11H2/t14-/m0/s1. The first-order valence-corrected chi connectivity index (χ1v) is 8.75. The third kappa shape index (κ3) is 3.77. The van der Waals surface area contributed by atoms with Crippen LogP contribution in [-0.2, 0) is 9.53 Å². The van der Waals surface area contributed by atoms with Crippen molar-refractivity contribution in [2.75, 3.05) is 38.5 Å². The molecule has 5 nitrogen and oxygen atoms in total. The van der Waals surface area contributed by atoms with Crippen molar-refractivity contribution in [3.05, 3.63) is 35.6 Å². The smallest absolute Gasteiger partial charge is 0.410 e. The summed E-state index contributed by atoms with van der Waals surface area (Å²) in [5.74, 6) is 0.498. The van der Waals surface area contributed by atoms with Crippen molar-refractivity contribution >= 4 is 23.8 Å². The number of hydrogen-bond donors (Lipinski definition) is 0. The Morgan fingerprint density at radius 2 is 2.13 bits per heavy atom. The molecule has 0 spiro atoms. The van der Waals surface area contributed by atoms with E-state index in [1.807, 2.05) is 12.1 Å². The van der Waals surface area contributed by atoms with Crippen molar-refractivity contribution in [3.8, 4) is 0 Å². The SMILES string of the molecule is O=C(CN1CCOC1=O)N1CCS[C@H](c2ccccc2F)CC1. The Morgan fingerprint density at radius 3 is 2.87 bits per heavy atom. The van der Waals surface area contributed by atoms with Gasteiger partial charge in [-0.3, -0.25) is 9.69 Å². The fourth-order valence-electron chi connectivity index (χ4n) is 2.84. The van der Waals surface area contributed by atoms with Crippen LogP contribution in [0.1, 0.15) is 17.2 Å². The van der Waals surface area contributed by atoms with Crippen LogP contribution in [-0.4, -0.2) is 60.3 Å². The van der Waals surface area contributed by atoms with E-state index >= 15 is 0 Å². The van der Waals surface area contributed by atoms with Gasteiger partial charge in [-0.25, -0.2) is 9.18 Å². The highest BCUT2D eigenvalue weighted by atomic mass is 32.2. The van der Waals surface area contributed by atoms with Crippen LogP contribution in [0.15, 0.2) is 24.3 Å². The van der Waals surface area contributed by atoms with E-state index in [-0.39, 0.29) is 23.5 Å². The summed E-state index contributed by atoms with van der Waals surface area (Å²) >= 11 is 1.68. The van der Waals surface area contributed by atoms with Crippen molar-refractivity contribution in [1.29, 1.82) is 0 Å². The van der Waals surface area contributed by atoms with Crippen LogP contribution in [0.4, 0.5) is 9.18 Å². The average Bonchev–Trinajstić information content (AvgIpc) is 2.81. The number of benzene rings is 1. The first-order valence-electron chi connectivity index (χ1n) is 7.70. The monoisotopic (exact) mass is 338 g/mol. The van der Waals surface area contributed by atoms with Crippen LogP contribution in [0.25, 0.3) is 0 Å². The minimum Gasteiger partial charge on any atom is -0.448 e. The van der Waals surface area contributed by atoms with Gasteiger partial charge in [0.2, 0.25) is 5.91 Å². The van der Waals surface area contributed by atoms with Crippen molar-refractivity contribution < 1.29 is 18.7 Å². The number of ether oxygens (including phenoxy) is 1. The minimum absolute atomic E-state index is 0.0609. The second-order valence-corrected chi connectivity index (χ2v) is 6.90. The van der Waals surface area contributed by atoms with Crippen LogP contribution in [0.5, 0.6) is 0 Å². The summed E-state index contributed by atoms with van der Waals surface area (Å²) in [5, 5.41) is 0.0609. The molecule has 1 atom stereocenters. The van der Waals surface area contributed by atoms with E-state index in [2.05, 4.69) is 0 Å². The van der Waals surface area contributed by atoms with Crippen molar-refractivity contribution in [3.63, 3.8) is 0 Å². The number of nitrogens with zero attached hydrogens (tertiary/aromatic N) is 2. The van der Waals surface area contributed by atoms with Gasteiger partial charge in [0.1, 0.15) is 19.0 Å². The van der Waals surface area contributed by atoms with E-state index in [1.165, 1.54) is 11.0 Å². The van der Waals surface area contributed by atoms with E-state index < -0.39 is 6.09 Å². The van der Waals surface area contributed by atoms with Crippen LogP contribution in [0, 0.1) is 5.82 Å². The Morgan fingerprint density at radius 1 is 1.30 bits per heavy atom. The molecule has 0 aliphatic carbocycles. The summed E-state index contributed by atoms with van der Waals surface area (Å²) in [6.07, 6.45) is 0.286. The van der Waals surface area contributed by atoms with Gasteiger partial charge >= 0.3 is 6.09 Å². The number of halogens is 1. The summed E-state index contributed by atoms with van der Waals surface area (Å²) in [6.45, 7) is 2.07. The molecule has 3 rings (SSSR count). The normalized spacial score (nSPS) is 22.0. The minimum atomic E-state index is -0.424. The van der Waals surface area contributed by atoms with Crippen LogP contribution in [0.3, 0.4) is 0 Å². The number of thioether (sulfide) groups is 1. The fraction of sp³-hybridized carbons (Fsp3) is 0.500. The number of cyclic esters (lactones) is 1. The maximum Gasteiger partial charge on any atom is 0.410 e. The Kier molecular flexibility index (Phi) is 5.05. The number of amides is 2. The molecule has 1 aromatic carbocycles. The van der Waals surface area contributed by atoms with E-state index in [0.29, 0.717) is 38.2 Å². The van der Waals surface area contributed by atoms with Gasteiger partial charge in [-0.1, -0.05) is 18.2 Å². The van der Waals surface area contributed by atoms with Gasteiger partial charge in [-0.15, -0.1) is 0 Å². The second-order valence-electron chi connectivity index (χ2n) is 5.59. The predicted molar refractivity (Wildman–Crippen MR) is 85.7 cm³/mol. The number of hydrogen-bond acceptors (Lipinski definition) is 4. The summed E-state index contributed by atoms with van der Waals surface area (Å²) in [6, 6.07) is 6.81.